The summed E-state index contributed by atoms with van der Waals surface area (Å²) in [5.41, 5.74) is 1.32. The lowest BCUT2D eigenvalue weighted by molar-refractivity contribution is 0.0938. The normalized spacial score (nSPS) is 10.4. The van der Waals surface area contributed by atoms with Gasteiger partial charge in [0.15, 0.2) is 0 Å². The van der Waals surface area contributed by atoms with E-state index in [1.807, 2.05) is 18.2 Å². The standard InChI is InChI=1S/C25H26N2O4S/c1-30-16-15-26-25(29)22-9-5-6-10-23(22)27-24(28)19-11-13-20(14-12-19)31-17-18-32-21-7-3-2-4-8-21/h2-14H,15-18H2,1H3,(H,26,29)(H,27,28). The molecule has 0 bridgehead atoms. The van der Waals surface area contributed by atoms with E-state index in [2.05, 4.69) is 22.8 Å². The van der Waals surface area contributed by atoms with Gasteiger partial charge in [-0.25, -0.2) is 0 Å². The molecule has 7 heteroatoms. The van der Waals surface area contributed by atoms with Crippen molar-refractivity contribution in [3.05, 3.63) is 90.0 Å². The molecule has 0 spiro atoms. The number of hydrogen-bond donors (Lipinski definition) is 2. The van der Waals surface area contributed by atoms with Crippen molar-refractivity contribution in [2.45, 2.75) is 4.90 Å². The maximum absolute atomic E-state index is 12.7. The highest BCUT2D eigenvalue weighted by molar-refractivity contribution is 7.99. The molecular formula is C25H26N2O4S. The number of amides is 2. The number of para-hydroxylation sites is 1. The smallest absolute Gasteiger partial charge is 0.255 e. The molecule has 0 aromatic heterocycles. The van der Waals surface area contributed by atoms with Gasteiger partial charge in [-0.3, -0.25) is 9.59 Å². The van der Waals surface area contributed by atoms with Crippen molar-refractivity contribution in [2.24, 2.45) is 0 Å². The van der Waals surface area contributed by atoms with Crippen LogP contribution < -0.4 is 15.4 Å². The molecule has 3 aromatic rings. The zero-order valence-corrected chi connectivity index (χ0v) is 18.7. The molecule has 0 aliphatic rings. The van der Waals surface area contributed by atoms with Crippen molar-refractivity contribution in [1.29, 1.82) is 0 Å². The number of hydrogen-bond acceptors (Lipinski definition) is 5. The van der Waals surface area contributed by atoms with Crippen molar-refractivity contribution in [3.8, 4) is 5.75 Å². The monoisotopic (exact) mass is 450 g/mol. The molecule has 2 amide bonds. The second-order valence-electron chi connectivity index (χ2n) is 6.78. The van der Waals surface area contributed by atoms with Crippen LogP contribution in [0.5, 0.6) is 5.75 Å². The summed E-state index contributed by atoms with van der Waals surface area (Å²) in [7, 11) is 1.57. The van der Waals surface area contributed by atoms with Gasteiger partial charge in [0.1, 0.15) is 5.75 Å². The Hall–Kier alpha value is -3.29. The second kappa shape index (κ2) is 12.5. The summed E-state index contributed by atoms with van der Waals surface area (Å²) in [6, 6.07) is 24.0. The molecule has 0 radical (unpaired) electrons. The molecule has 0 aliphatic carbocycles. The second-order valence-corrected chi connectivity index (χ2v) is 7.95. The molecule has 0 heterocycles. The maximum atomic E-state index is 12.7. The van der Waals surface area contributed by atoms with Gasteiger partial charge >= 0.3 is 0 Å². The molecule has 2 N–H and O–H groups in total. The topological polar surface area (TPSA) is 76.7 Å². The Balaban J connectivity index is 1.52. The predicted molar refractivity (Wildman–Crippen MR) is 128 cm³/mol. The van der Waals surface area contributed by atoms with Crippen LogP contribution in [-0.4, -0.2) is 44.4 Å². The summed E-state index contributed by atoms with van der Waals surface area (Å²) in [5.74, 6) is 0.965. The Morgan fingerprint density at radius 2 is 1.56 bits per heavy atom. The predicted octanol–water partition coefficient (Wildman–Crippen LogP) is 4.49. The highest BCUT2D eigenvalue weighted by Gasteiger charge is 2.14. The minimum Gasteiger partial charge on any atom is -0.493 e. The number of benzene rings is 3. The lowest BCUT2D eigenvalue weighted by atomic mass is 10.1. The highest BCUT2D eigenvalue weighted by atomic mass is 32.2. The minimum atomic E-state index is -0.298. The first-order valence-electron chi connectivity index (χ1n) is 10.3. The zero-order valence-electron chi connectivity index (χ0n) is 17.9. The number of anilines is 1. The molecule has 3 rings (SSSR count). The fraction of sp³-hybridized carbons (Fsp3) is 0.200. The number of rotatable bonds is 11. The average molecular weight is 451 g/mol. The van der Waals surface area contributed by atoms with Gasteiger partial charge in [0.2, 0.25) is 0 Å². The van der Waals surface area contributed by atoms with Gasteiger partial charge in [-0.05, 0) is 48.5 Å². The van der Waals surface area contributed by atoms with Gasteiger partial charge in [-0.15, -0.1) is 11.8 Å². The summed E-state index contributed by atoms with van der Waals surface area (Å²) in [4.78, 5) is 26.3. The van der Waals surface area contributed by atoms with E-state index in [9.17, 15) is 9.59 Å². The molecule has 32 heavy (non-hydrogen) atoms. The van der Waals surface area contributed by atoms with Crippen LogP contribution in [0.1, 0.15) is 20.7 Å². The lowest BCUT2D eigenvalue weighted by Crippen LogP contribution is -2.28. The van der Waals surface area contributed by atoms with Gasteiger partial charge in [0.05, 0.1) is 24.5 Å². The summed E-state index contributed by atoms with van der Waals surface area (Å²) in [6.07, 6.45) is 0. The van der Waals surface area contributed by atoms with Crippen LogP contribution in [0.15, 0.2) is 83.8 Å². The third kappa shape index (κ3) is 7.14. The Labute approximate surface area is 192 Å². The fourth-order valence-electron chi connectivity index (χ4n) is 2.88. The van der Waals surface area contributed by atoms with Crippen molar-refractivity contribution in [3.63, 3.8) is 0 Å². The van der Waals surface area contributed by atoms with Gasteiger partial charge in [-0.1, -0.05) is 30.3 Å². The Morgan fingerprint density at radius 3 is 2.31 bits per heavy atom. The van der Waals surface area contributed by atoms with E-state index in [4.69, 9.17) is 9.47 Å². The number of methoxy groups -OCH3 is 1. The molecule has 0 atom stereocenters. The summed E-state index contributed by atoms with van der Waals surface area (Å²) in [5, 5.41) is 5.57. The molecule has 0 unspecified atom stereocenters. The number of nitrogens with one attached hydrogen (secondary N) is 2. The van der Waals surface area contributed by atoms with Crippen molar-refractivity contribution in [2.75, 3.05) is 37.9 Å². The zero-order chi connectivity index (χ0) is 22.6. The molecule has 0 saturated carbocycles. The van der Waals surface area contributed by atoms with Crippen molar-refractivity contribution < 1.29 is 19.1 Å². The van der Waals surface area contributed by atoms with Crippen LogP contribution in [0.4, 0.5) is 5.69 Å². The van der Waals surface area contributed by atoms with E-state index in [1.165, 1.54) is 4.90 Å². The van der Waals surface area contributed by atoms with Gasteiger partial charge in [0, 0.05) is 29.9 Å². The third-order valence-corrected chi connectivity index (χ3v) is 5.47. The van der Waals surface area contributed by atoms with E-state index in [0.717, 1.165) is 5.75 Å². The number of thioether (sulfide) groups is 1. The third-order valence-electron chi connectivity index (χ3n) is 4.49. The maximum Gasteiger partial charge on any atom is 0.255 e. The van der Waals surface area contributed by atoms with E-state index >= 15 is 0 Å². The van der Waals surface area contributed by atoms with Crippen LogP contribution in [-0.2, 0) is 4.74 Å². The highest BCUT2D eigenvalue weighted by Crippen LogP contribution is 2.19. The molecule has 166 valence electrons. The fourth-order valence-corrected chi connectivity index (χ4v) is 3.64. The van der Waals surface area contributed by atoms with E-state index in [-0.39, 0.29) is 11.8 Å². The summed E-state index contributed by atoms with van der Waals surface area (Å²) < 4.78 is 10.7. The minimum absolute atomic E-state index is 0.268. The quantitative estimate of drug-likeness (QED) is 0.333. The molecular weight excluding hydrogens is 424 g/mol. The van der Waals surface area contributed by atoms with E-state index in [1.54, 1.807) is 67.4 Å². The molecule has 0 fully saturated rings. The van der Waals surface area contributed by atoms with Crippen LogP contribution in [0.2, 0.25) is 0 Å². The first-order chi connectivity index (χ1) is 15.7. The van der Waals surface area contributed by atoms with E-state index < -0.39 is 0 Å². The van der Waals surface area contributed by atoms with Crippen LogP contribution >= 0.6 is 11.8 Å². The van der Waals surface area contributed by atoms with Gasteiger partial charge in [0.25, 0.3) is 11.8 Å². The number of carbonyl (C=O) groups is 2. The first kappa shape index (κ1) is 23.4. The Morgan fingerprint density at radius 1 is 0.844 bits per heavy atom. The Kier molecular flexibility index (Phi) is 9.16. The lowest BCUT2D eigenvalue weighted by Gasteiger charge is -2.12. The van der Waals surface area contributed by atoms with Crippen LogP contribution in [0.25, 0.3) is 0 Å². The molecule has 0 saturated heterocycles. The SMILES string of the molecule is COCCNC(=O)c1ccccc1NC(=O)c1ccc(OCCSc2ccccc2)cc1. The Bertz CT molecular complexity index is 1010. The van der Waals surface area contributed by atoms with Crippen molar-refractivity contribution >= 4 is 29.3 Å². The summed E-state index contributed by atoms with van der Waals surface area (Å²) in [6.45, 7) is 1.37. The molecule has 6 nitrogen and oxygen atoms in total. The molecule has 3 aromatic carbocycles. The first-order valence-corrected chi connectivity index (χ1v) is 11.2. The van der Waals surface area contributed by atoms with Crippen molar-refractivity contribution in [1.82, 2.24) is 5.32 Å². The van der Waals surface area contributed by atoms with Gasteiger partial charge < -0.3 is 20.1 Å². The average Bonchev–Trinajstić information content (AvgIpc) is 2.83. The summed E-state index contributed by atoms with van der Waals surface area (Å²) >= 11 is 1.73. The molecule has 0 aliphatic heterocycles. The van der Waals surface area contributed by atoms with Crippen LogP contribution in [0, 0.1) is 0 Å². The number of carbonyl (C=O) groups excluding carboxylic acids is 2. The van der Waals surface area contributed by atoms with E-state index in [0.29, 0.717) is 42.3 Å². The number of ether oxygens (including phenoxy) is 2. The van der Waals surface area contributed by atoms with Gasteiger partial charge in [-0.2, -0.15) is 0 Å². The largest absolute Gasteiger partial charge is 0.493 e. The van der Waals surface area contributed by atoms with Crippen LogP contribution in [0.3, 0.4) is 0 Å².